The second kappa shape index (κ2) is 8.35. The first-order valence-corrected chi connectivity index (χ1v) is 12.0. The molecule has 2 aliphatic rings. The first kappa shape index (κ1) is 21.2. The first-order valence-electron chi connectivity index (χ1n) is 10.8. The number of rotatable bonds is 5. The molecule has 5 nitrogen and oxygen atoms in total. The molecule has 2 aliphatic heterocycles. The van der Waals surface area contributed by atoms with Crippen molar-refractivity contribution in [2.75, 3.05) is 13.2 Å². The standard InChI is InChI=1S/C25H24ClN3O2S/c1-2-25(18-9-6-10-19(26)15-18)23(30)29(24(31)27-25)16-28-13-11-21-20(12-14-32-21)22(28)17-7-4-3-5-8-17/h3-10,12,14-15,22H,2,11,13,16H2,1H3,(H,27,31). The Balaban J connectivity index is 1.48. The van der Waals surface area contributed by atoms with Crippen LogP contribution in [0.15, 0.2) is 66.0 Å². The highest BCUT2D eigenvalue weighted by Gasteiger charge is 2.52. The van der Waals surface area contributed by atoms with Gasteiger partial charge in [0.25, 0.3) is 5.91 Å². The van der Waals surface area contributed by atoms with Crippen LogP contribution in [0.25, 0.3) is 0 Å². The van der Waals surface area contributed by atoms with Crippen molar-refractivity contribution in [2.45, 2.75) is 31.3 Å². The molecule has 2 aromatic carbocycles. The summed E-state index contributed by atoms with van der Waals surface area (Å²) in [5, 5.41) is 5.64. The fourth-order valence-electron chi connectivity index (χ4n) is 4.88. The van der Waals surface area contributed by atoms with E-state index in [1.54, 1.807) is 23.5 Å². The number of hydrogen-bond acceptors (Lipinski definition) is 4. The molecule has 3 aromatic rings. The van der Waals surface area contributed by atoms with E-state index in [0.29, 0.717) is 17.0 Å². The average molecular weight is 466 g/mol. The zero-order chi connectivity index (χ0) is 22.3. The number of benzene rings is 2. The van der Waals surface area contributed by atoms with E-state index in [4.69, 9.17) is 11.6 Å². The summed E-state index contributed by atoms with van der Waals surface area (Å²) in [6, 6.07) is 19.3. The van der Waals surface area contributed by atoms with Gasteiger partial charge in [-0.3, -0.25) is 9.69 Å². The molecule has 1 aromatic heterocycles. The highest BCUT2D eigenvalue weighted by Crippen LogP contribution is 2.39. The van der Waals surface area contributed by atoms with Crippen molar-refractivity contribution in [3.8, 4) is 0 Å². The van der Waals surface area contributed by atoms with Gasteiger partial charge in [-0.15, -0.1) is 11.3 Å². The van der Waals surface area contributed by atoms with Crippen LogP contribution < -0.4 is 5.32 Å². The molecule has 1 saturated heterocycles. The minimum absolute atomic E-state index is 0.00889. The van der Waals surface area contributed by atoms with Gasteiger partial charge in [-0.1, -0.05) is 61.0 Å². The third kappa shape index (κ3) is 3.43. The normalized spacial score (nSPS) is 23.3. The molecule has 1 fully saturated rings. The molecule has 2 atom stereocenters. The van der Waals surface area contributed by atoms with Gasteiger partial charge < -0.3 is 5.32 Å². The van der Waals surface area contributed by atoms with Gasteiger partial charge >= 0.3 is 6.03 Å². The summed E-state index contributed by atoms with van der Waals surface area (Å²) in [6.45, 7) is 2.93. The van der Waals surface area contributed by atoms with Gasteiger partial charge in [0, 0.05) is 16.4 Å². The Hall–Kier alpha value is -2.67. The van der Waals surface area contributed by atoms with Gasteiger partial charge in [0.15, 0.2) is 0 Å². The Bertz CT molecular complexity index is 1160. The predicted molar refractivity (Wildman–Crippen MR) is 127 cm³/mol. The third-order valence-electron chi connectivity index (χ3n) is 6.53. The van der Waals surface area contributed by atoms with E-state index in [1.807, 2.05) is 37.3 Å². The zero-order valence-corrected chi connectivity index (χ0v) is 19.3. The van der Waals surface area contributed by atoms with Crippen molar-refractivity contribution in [1.82, 2.24) is 15.1 Å². The number of fused-ring (bicyclic) bond motifs is 1. The van der Waals surface area contributed by atoms with Gasteiger partial charge in [-0.25, -0.2) is 9.69 Å². The summed E-state index contributed by atoms with van der Waals surface area (Å²) >= 11 is 7.97. The lowest BCUT2D eigenvalue weighted by Gasteiger charge is -2.38. The largest absolute Gasteiger partial charge is 0.326 e. The van der Waals surface area contributed by atoms with E-state index in [0.717, 1.165) is 18.5 Å². The van der Waals surface area contributed by atoms with Crippen molar-refractivity contribution >= 4 is 34.9 Å². The van der Waals surface area contributed by atoms with Crippen LogP contribution in [0.1, 0.15) is 41.0 Å². The molecule has 2 unspecified atom stereocenters. The topological polar surface area (TPSA) is 52.7 Å². The lowest BCUT2D eigenvalue weighted by Crippen LogP contribution is -2.47. The van der Waals surface area contributed by atoms with E-state index >= 15 is 0 Å². The number of carbonyl (C=O) groups excluding carboxylic acids is 2. The van der Waals surface area contributed by atoms with Crippen LogP contribution in [-0.2, 0) is 16.8 Å². The highest BCUT2D eigenvalue weighted by atomic mass is 35.5. The molecule has 164 valence electrons. The van der Waals surface area contributed by atoms with Crippen LogP contribution >= 0.6 is 22.9 Å². The summed E-state index contributed by atoms with van der Waals surface area (Å²) in [5.74, 6) is -0.227. The van der Waals surface area contributed by atoms with E-state index in [9.17, 15) is 9.59 Å². The monoisotopic (exact) mass is 465 g/mol. The Kier molecular flexibility index (Phi) is 5.53. The molecule has 1 N–H and O–H groups in total. The highest BCUT2D eigenvalue weighted by molar-refractivity contribution is 7.10. The number of carbonyl (C=O) groups is 2. The lowest BCUT2D eigenvalue weighted by molar-refractivity contribution is -0.133. The van der Waals surface area contributed by atoms with Gasteiger partial charge in [0.1, 0.15) is 5.54 Å². The zero-order valence-electron chi connectivity index (χ0n) is 17.8. The fourth-order valence-corrected chi connectivity index (χ4v) is 5.97. The maximum atomic E-state index is 13.7. The molecule has 0 spiro atoms. The maximum Gasteiger partial charge on any atom is 0.326 e. The van der Waals surface area contributed by atoms with Gasteiger partial charge in [0.05, 0.1) is 12.7 Å². The number of thiophene rings is 1. The second-order valence-electron chi connectivity index (χ2n) is 8.25. The van der Waals surface area contributed by atoms with E-state index < -0.39 is 5.54 Å². The van der Waals surface area contributed by atoms with Crippen molar-refractivity contribution in [1.29, 1.82) is 0 Å². The summed E-state index contributed by atoms with van der Waals surface area (Å²) in [4.78, 5) is 31.7. The Morgan fingerprint density at radius 1 is 1.12 bits per heavy atom. The quantitative estimate of drug-likeness (QED) is 0.529. The molecule has 3 heterocycles. The third-order valence-corrected chi connectivity index (χ3v) is 7.76. The smallest absolute Gasteiger partial charge is 0.319 e. The van der Waals surface area contributed by atoms with E-state index in [-0.39, 0.29) is 24.6 Å². The predicted octanol–water partition coefficient (Wildman–Crippen LogP) is 5.16. The van der Waals surface area contributed by atoms with Crippen LogP contribution in [0.3, 0.4) is 0 Å². The minimum atomic E-state index is -1.09. The van der Waals surface area contributed by atoms with Crippen molar-refractivity contribution in [3.05, 3.63) is 92.6 Å². The molecule has 7 heteroatoms. The van der Waals surface area contributed by atoms with Crippen LogP contribution in [0.4, 0.5) is 4.79 Å². The molecular formula is C25H24ClN3O2S. The number of imide groups is 1. The molecule has 0 aliphatic carbocycles. The first-order chi connectivity index (χ1) is 15.5. The number of halogens is 1. The van der Waals surface area contributed by atoms with Gasteiger partial charge in [-0.05, 0) is 53.1 Å². The van der Waals surface area contributed by atoms with Crippen molar-refractivity contribution in [2.24, 2.45) is 0 Å². The van der Waals surface area contributed by atoms with Gasteiger partial charge in [-0.2, -0.15) is 0 Å². The summed E-state index contributed by atoms with van der Waals surface area (Å²) in [7, 11) is 0. The number of urea groups is 1. The Morgan fingerprint density at radius 3 is 2.69 bits per heavy atom. The van der Waals surface area contributed by atoms with E-state index in [1.165, 1.54) is 15.3 Å². The molecule has 5 rings (SSSR count). The average Bonchev–Trinajstić information content (AvgIpc) is 3.38. The Morgan fingerprint density at radius 2 is 1.94 bits per heavy atom. The lowest BCUT2D eigenvalue weighted by atomic mass is 9.87. The minimum Gasteiger partial charge on any atom is -0.319 e. The van der Waals surface area contributed by atoms with Crippen LogP contribution in [0, 0.1) is 0 Å². The number of nitrogens with one attached hydrogen (secondary N) is 1. The SMILES string of the molecule is CCC1(c2cccc(Cl)c2)NC(=O)N(CN2CCc3sccc3C2c2ccccc2)C1=O. The van der Waals surface area contributed by atoms with Crippen molar-refractivity contribution in [3.63, 3.8) is 0 Å². The van der Waals surface area contributed by atoms with Crippen LogP contribution in [0.2, 0.25) is 5.02 Å². The summed E-state index contributed by atoms with van der Waals surface area (Å²) in [6.07, 6.45) is 1.36. The fraction of sp³-hybridized carbons (Fsp3) is 0.280. The van der Waals surface area contributed by atoms with Crippen molar-refractivity contribution < 1.29 is 9.59 Å². The molecule has 0 bridgehead atoms. The number of hydrogen-bond donors (Lipinski definition) is 1. The molecule has 0 radical (unpaired) electrons. The Labute approximate surface area is 196 Å². The summed E-state index contributed by atoms with van der Waals surface area (Å²) < 4.78 is 0. The molecular weight excluding hydrogens is 442 g/mol. The summed E-state index contributed by atoms with van der Waals surface area (Å²) in [5.41, 5.74) is 2.05. The number of amides is 3. The second-order valence-corrected chi connectivity index (χ2v) is 9.69. The molecule has 3 amide bonds. The van der Waals surface area contributed by atoms with Crippen LogP contribution in [0.5, 0.6) is 0 Å². The van der Waals surface area contributed by atoms with Crippen LogP contribution in [-0.4, -0.2) is 35.0 Å². The number of nitrogens with zero attached hydrogens (tertiary/aromatic N) is 2. The van der Waals surface area contributed by atoms with E-state index in [2.05, 4.69) is 33.8 Å². The molecule has 32 heavy (non-hydrogen) atoms. The van der Waals surface area contributed by atoms with Gasteiger partial charge in [0.2, 0.25) is 0 Å². The molecule has 0 saturated carbocycles. The maximum absolute atomic E-state index is 13.7.